The van der Waals surface area contributed by atoms with E-state index in [9.17, 15) is 9.90 Å². The zero-order valence-electron chi connectivity index (χ0n) is 18.8. The molecule has 0 saturated carbocycles. The molecule has 0 aliphatic heterocycles. The molecule has 0 aliphatic carbocycles. The molecule has 0 bridgehead atoms. The van der Waals surface area contributed by atoms with Gasteiger partial charge in [-0.1, -0.05) is 103 Å². The molecule has 34 heavy (non-hydrogen) atoms. The summed E-state index contributed by atoms with van der Waals surface area (Å²) in [4.78, 5) is 18.0. The van der Waals surface area contributed by atoms with E-state index < -0.39 is 12.1 Å². The molecule has 1 amide bonds. The van der Waals surface area contributed by atoms with Crippen molar-refractivity contribution in [3.05, 3.63) is 138 Å². The fraction of sp³-hybridized carbons (Fsp3) is 0.138. The number of ether oxygens (including phenoxy) is 1. The van der Waals surface area contributed by atoms with Gasteiger partial charge in [0.2, 0.25) is 0 Å². The van der Waals surface area contributed by atoms with Gasteiger partial charge >= 0.3 is 6.09 Å². The molecule has 4 aromatic carbocycles. The summed E-state index contributed by atoms with van der Waals surface area (Å²) in [7, 11) is 0. The van der Waals surface area contributed by atoms with Crippen LogP contribution in [0.3, 0.4) is 0 Å². The van der Waals surface area contributed by atoms with E-state index in [1.54, 1.807) is 0 Å². The quantitative estimate of drug-likeness (QED) is 0.273. The first kappa shape index (κ1) is 23.1. The van der Waals surface area contributed by atoms with Gasteiger partial charge in [0.05, 0.1) is 6.04 Å². The predicted octanol–water partition coefficient (Wildman–Crippen LogP) is 6.66. The second kappa shape index (κ2) is 11.7. The minimum atomic E-state index is -1.13. The van der Waals surface area contributed by atoms with Gasteiger partial charge < -0.3 is 9.84 Å². The van der Waals surface area contributed by atoms with Crippen LogP contribution in [0.5, 0.6) is 5.75 Å². The SMILES string of the molecule is O=C(O)N(OCc1ccccc1)C(Cc1ccc(OCc2ccccc2)cc1)c1ccccc1. The average Bonchev–Trinajstić information content (AvgIpc) is 2.89. The Morgan fingerprint density at radius 3 is 1.76 bits per heavy atom. The minimum Gasteiger partial charge on any atom is -0.489 e. The van der Waals surface area contributed by atoms with Crippen LogP contribution in [0.2, 0.25) is 0 Å². The largest absolute Gasteiger partial charge is 0.489 e. The van der Waals surface area contributed by atoms with Crippen molar-refractivity contribution in [1.82, 2.24) is 5.06 Å². The monoisotopic (exact) mass is 453 g/mol. The molecule has 0 spiro atoms. The maximum atomic E-state index is 12.2. The van der Waals surface area contributed by atoms with Crippen LogP contribution < -0.4 is 4.74 Å². The molecular formula is C29H27NO4. The van der Waals surface area contributed by atoms with E-state index in [4.69, 9.17) is 9.57 Å². The fourth-order valence-corrected chi connectivity index (χ4v) is 3.69. The number of hydroxylamine groups is 2. The van der Waals surface area contributed by atoms with E-state index in [2.05, 4.69) is 0 Å². The average molecular weight is 454 g/mol. The smallest absolute Gasteiger partial charge is 0.432 e. The molecule has 0 aromatic heterocycles. The summed E-state index contributed by atoms with van der Waals surface area (Å²) in [6.07, 6.45) is -0.669. The lowest BCUT2D eigenvalue weighted by Crippen LogP contribution is -2.35. The van der Waals surface area contributed by atoms with Crippen LogP contribution in [-0.2, 0) is 24.5 Å². The van der Waals surface area contributed by atoms with Gasteiger partial charge in [-0.15, -0.1) is 0 Å². The van der Waals surface area contributed by atoms with Crippen LogP contribution >= 0.6 is 0 Å². The molecule has 0 saturated heterocycles. The third kappa shape index (κ3) is 6.47. The van der Waals surface area contributed by atoms with Crippen molar-refractivity contribution in [3.63, 3.8) is 0 Å². The Bertz CT molecular complexity index is 1150. The molecule has 1 N–H and O–H groups in total. The minimum absolute atomic E-state index is 0.169. The van der Waals surface area contributed by atoms with Gasteiger partial charge in [0.1, 0.15) is 19.0 Å². The summed E-state index contributed by atoms with van der Waals surface area (Å²) in [5.74, 6) is 0.763. The van der Waals surface area contributed by atoms with Crippen molar-refractivity contribution in [2.45, 2.75) is 25.7 Å². The van der Waals surface area contributed by atoms with Crippen LogP contribution in [0.4, 0.5) is 4.79 Å². The Morgan fingerprint density at radius 2 is 1.21 bits per heavy atom. The van der Waals surface area contributed by atoms with Gasteiger partial charge in [-0.2, -0.15) is 5.06 Å². The van der Waals surface area contributed by atoms with E-state index in [1.807, 2.05) is 115 Å². The Morgan fingerprint density at radius 1 is 0.676 bits per heavy atom. The van der Waals surface area contributed by atoms with Crippen LogP contribution in [0.25, 0.3) is 0 Å². The highest BCUT2D eigenvalue weighted by molar-refractivity contribution is 5.64. The maximum absolute atomic E-state index is 12.2. The first-order valence-corrected chi connectivity index (χ1v) is 11.2. The zero-order valence-corrected chi connectivity index (χ0v) is 18.8. The fourth-order valence-electron chi connectivity index (χ4n) is 3.69. The van der Waals surface area contributed by atoms with Crippen LogP contribution in [-0.4, -0.2) is 16.3 Å². The molecule has 0 radical (unpaired) electrons. The molecule has 5 nitrogen and oxygen atoms in total. The number of carbonyl (C=O) groups is 1. The van der Waals surface area contributed by atoms with E-state index in [-0.39, 0.29) is 6.61 Å². The molecule has 4 rings (SSSR count). The summed E-state index contributed by atoms with van der Waals surface area (Å²) < 4.78 is 5.88. The molecule has 1 atom stereocenters. The van der Waals surface area contributed by atoms with Crippen molar-refractivity contribution in [1.29, 1.82) is 0 Å². The van der Waals surface area contributed by atoms with Gasteiger partial charge in [0.15, 0.2) is 0 Å². The summed E-state index contributed by atoms with van der Waals surface area (Å²) >= 11 is 0. The van der Waals surface area contributed by atoms with Crippen molar-refractivity contribution in [3.8, 4) is 5.75 Å². The molecule has 0 aliphatic rings. The number of hydrogen-bond acceptors (Lipinski definition) is 3. The maximum Gasteiger partial charge on any atom is 0.432 e. The second-order valence-electron chi connectivity index (χ2n) is 7.92. The molecule has 4 aromatic rings. The Balaban J connectivity index is 1.48. The van der Waals surface area contributed by atoms with Gasteiger partial charge in [0, 0.05) is 0 Å². The first-order chi connectivity index (χ1) is 16.7. The molecule has 0 fully saturated rings. The second-order valence-corrected chi connectivity index (χ2v) is 7.92. The highest BCUT2D eigenvalue weighted by atomic mass is 16.7. The lowest BCUT2D eigenvalue weighted by Gasteiger charge is -2.29. The highest BCUT2D eigenvalue weighted by Gasteiger charge is 2.27. The van der Waals surface area contributed by atoms with E-state index in [1.165, 1.54) is 0 Å². The van der Waals surface area contributed by atoms with Crippen LogP contribution in [0, 0.1) is 0 Å². The van der Waals surface area contributed by atoms with Crippen LogP contribution in [0.15, 0.2) is 115 Å². The molecule has 1 unspecified atom stereocenters. The van der Waals surface area contributed by atoms with Gasteiger partial charge in [-0.25, -0.2) is 4.79 Å². The van der Waals surface area contributed by atoms with Crippen LogP contribution in [0.1, 0.15) is 28.3 Å². The summed E-state index contributed by atoms with van der Waals surface area (Å²) in [6.45, 7) is 0.662. The highest BCUT2D eigenvalue weighted by Crippen LogP contribution is 2.27. The Labute approximate surface area is 199 Å². The Kier molecular flexibility index (Phi) is 7.93. The van der Waals surface area contributed by atoms with Crippen molar-refractivity contribution in [2.75, 3.05) is 0 Å². The van der Waals surface area contributed by atoms with E-state index in [0.29, 0.717) is 13.0 Å². The number of rotatable bonds is 10. The number of benzene rings is 4. The topological polar surface area (TPSA) is 59.0 Å². The molecular weight excluding hydrogens is 426 g/mol. The Hall–Kier alpha value is -4.09. The standard InChI is InChI=1S/C29H27NO4/c31-29(32)30(34-22-25-12-6-2-7-13-25)28(26-14-8-3-9-15-26)20-23-16-18-27(19-17-23)33-21-24-10-4-1-5-11-24/h1-19,28H,20-22H2,(H,31,32). The van der Waals surface area contributed by atoms with E-state index in [0.717, 1.165) is 33.1 Å². The van der Waals surface area contributed by atoms with Crippen molar-refractivity contribution >= 4 is 6.09 Å². The third-order valence-corrected chi connectivity index (χ3v) is 5.47. The van der Waals surface area contributed by atoms with Crippen molar-refractivity contribution < 1.29 is 19.5 Å². The molecule has 5 heteroatoms. The lowest BCUT2D eigenvalue weighted by atomic mass is 9.98. The number of nitrogens with zero attached hydrogens (tertiary/aromatic N) is 1. The summed E-state index contributed by atoms with van der Waals surface area (Å²) in [5.41, 5.74) is 3.85. The molecule has 0 heterocycles. The lowest BCUT2D eigenvalue weighted by molar-refractivity contribution is -0.168. The number of hydrogen-bond donors (Lipinski definition) is 1. The van der Waals surface area contributed by atoms with Gasteiger partial charge in [-0.3, -0.25) is 4.84 Å². The van der Waals surface area contributed by atoms with E-state index >= 15 is 0 Å². The summed E-state index contributed by atoms with van der Waals surface area (Å²) in [6, 6.07) is 36.3. The number of amides is 1. The summed E-state index contributed by atoms with van der Waals surface area (Å²) in [5, 5.41) is 11.0. The van der Waals surface area contributed by atoms with Gasteiger partial charge in [0.25, 0.3) is 0 Å². The molecule has 172 valence electrons. The normalized spacial score (nSPS) is 11.5. The number of carboxylic acid groups (broad SMARTS) is 1. The first-order valence-electron chi connectivity index (χ1n) is 11.2. The zero-order chi connectivity index (χ0) is 23.6. The van der Waals surface area contributed by atoms with Gasteiger partial charge in [-0.05, 0) is 40.8 Å². The predicted molar refractivity (Wildman–Crippen MR) is 131 cm³/mol. The third-order valence-electron chi connectivity index (χ3n) is 5.47. The van der Waals surface area contributed by atoms with Crippen molar-refractivity contribution in [2.24, 2.45) is 0 Å².